The number of nitrogens with zero attached hydrogens (tertiary/aromatic N) is 3. The van der Waals surface area contributed by atoms with E-state index in [0.717, 1.165) is 11.4 Å². The summed E-state index contributed by atoms with van der Waals surface area (Å²) in [6.45, 7) is 1.83. The van der Waals surface area contributed by atoms with Gasteiger partial charge in [0.2, 0.25) is 6.29 Å². The van der Waals surface area contributed by atoms with E-state index in [1.165, 1.54) is 0 Å². The van der Waals surface area contributed by atoms with Crippen LogP contribution < -0.4 is 0 Å². The third-order valence-corrected chi connectivity index (χ3v) is 2.51. The molecule has 0 aliphatic rings. The fourth-order valence-corrected chi connectivity index (χ4v) is 1.74. The van der Waals surface area contributed by atoms with Gasteiger partial charge < -0.3 is 4.42 Å². The molecule has 0 unspecified atom stereocenters. The highest BCUT2D eigenvalue weighted by Crippen LogP contribution is 2.21. The van der Waals surface area contributed by atoms with Crippen molar-refractivity contribution < 1.29 is 9.21 Å². The molecular weight excluding hydrogens is 218 g/mol. The van der Waals surface area contributed by atoms with E-state index in [2.05, 4.69) is 10.1 Å². The number of fused-ring (bicyclic) bond motifs is 1. The minimum Gasteiger partial charge on any atom is -0.415 e. The van der Waals surface area contributed by atoms with Crippen molar-refractivity contribution in [3.8, 4) is 5.69 Å². The molecule has 3 rings (SSSR count). The van der Waals surface area contributed by atoms with Gasteiger partial charge in [0.25, 0.3) is 11.6 Å². The fourth-order valence-electron chi connectivity index (χ4n) is 1.74. The van der Waals surface area contributed by atoms with Crippen molar-refractivity contribution in [1.29, 1.82) is 0 Å². The number of benzene rings is 1. The predicted molar refractivity (Wildman–Crippen MR) is 61.3 cm³/mol. The van der Waals surface area contributed by atoms with Gasteiger partial charge in [-0.1, -0.05) is 18.2 Å². The molecule has 2 aromatic heterocycles. The Balaban J connectivity index is 2.30. The van der Waals surface area contributed by atoms with Crippen LogP contribution in [0, 0.1) is 6.92 Å². The van der Waals surface area contributed by atoms with Crippen molar-refractivity contribution in [2.45, 2.75) is 6.92 Å². The molecule has 0 radical (unpaired) electrons. The Labute approximate surface area is 96.7 Å². The number of aryl methyl sites for hydroxylation is 1. The van der Waals surface area contributed by atoms with E-state index in [1.807, 2.05) is 37.3 Å². The summed E-state index contributed by atoms with van der Waals surface area (Å²) in [4.78, 5) is 14.7. The molecule has 2 heterocycles. The lowest BCUT2D eigenvalue weighted by atomic mass is 10.3. The zero-order chi connectivity index (χ0) is 11.8. The van der Waals surface area contributed by atoms with Gasteiger partial charge in [0.1, 0.15) is 0 Å². The van der Waals surface area contributed by atoms with Gasteiger partial charge in [0.05, 0.1) is 11.4 Å². The highest BCUT2D eigenvalue weighted by Gasteiger charge is 2.15. The van der Waals surface area contributed by atoms with Crippen LogP contribution in [0.3, 0.4) is 0 Å². The first-order chi connectivity index (χ1) is 8.29. The topological polar surface area (TPSA) is 60.9 Å². The molecule has 5 nitrogen and oxygen atoms in total. The second-order valence-corrected chi connectivity index (χ2v) is 3.66. The van der Waals surface area contributed by atoms with Crippen molar-refractivity contribution in [2.75, 3.05) is 0 Å². The maximum atomic E-state index is 10.6. The van der Waals surface area contributed by atoms with Gasteiger partial charge in [-0.3, -0.25) is 4.79 Å². The van der Waals surface area contributed by atoms with Crippen molar-refractivity contribution in [3.63, 3.8) is 0 Å². The molecule has 0 saturated carbocycles. The van der Waals surface area contributed by atoms with E-state index in [-0.39, 0.29) is 5.89 Å². The van der Waals surface area contributed by atoms with Crippen LogP contribution in [0.4, 0.5) is 0 Å². The Hall–Kier alpha value is -2.43. The Morgan fingerprint density at radius 1 is 1.29 bits per heavy atom. The van der Waals surface area contributed by atoms with Gasteiger partial charge in [0, 0.05) is 0 Å². The maximum Gasteiger partial charge on any atom is 0.262 e. The number of aldehydes is 1. The third-order valence-electron chi connectivity index (χ3n) is 2.51. The van der Waals surface area contributed by atoms with Gasteiger partial charge in [-0.05, 0) is 19.1 Å². The zero-order valence-corrected chi connectivity index (χ0v) is 9.12. The second-order valence-electron chi connectivity index (χ2n) is 3.66. The summed E-state index contributed by atoms with van der Waals surface area (Å²) < 4.78 is 6.99. The SMILES string of the molecule is Cc1nn(-c2ccccc2)c2oc(C=O)nc12. The summed E-state index contributed by atoms with van der Waals surface area (Å²) >= 11 is 0. The van der Waals surface area contributed by atoms with Gasteiger partial charge in [-0.25, -0.2) is 4.98 Å². The van der Waals surface area contributed by atoms with Gasteiger partial charge >= 0.3 is 0 Å². The molecular formula is C12H9N3O2. The average Bonchev–Trinajstić information content (AvgIpc) is 2.91. The minimum absolute atomic E-state index is 0.0742. The molecule has 3 aromatic rings. The molecule has 0 aliphatic carbocycles. The third kappa shape index (κ3) is 1.44. The minimum atomic E-state index is 0.0742. The van der Waals surface area contributed by atoms with Crippen LogP contribution in [-0.2, 0) is 0 Å². The smallest absolute Gasteiger partial charge is 0.262 e. The standard InChI is InChI=1S/C12H9N3O2/c1-8-11-12(17-10(7-16)13-11)15(14-8)9-5-3-2-4-6-9/h2-7H,1H3. The number of hydrogen-bond acceptors (Lipinski definition) is 4. The summed E-state index contributed by atoms with van der Waals surface area (Å²) in [5.41, 5.74) is 2.73. The lowest BCUT2D eigenvalue weighted by molar-refractivity contribution is 0.109. The first kappa shape index (κ1) is 9.77. The fraction of sp³-hybridized carbons (Fsp3) is 0.0833. The van der Waals surface area contributed by atoms with Crippen molar-refractivity contribution in [1.82, 2.24) is 14.8 Å². The van der Waals surface area contributed by atoms with Crippen molar-refractivity contribution in [3.05, 3.63) is 41.9 Å². The number of aromatic nitrogens is 3. The molecule has 0 atom stereocenters. The first-order valence-electron chi connectivity index (χ1n) is 5.16. The van der Waals surface area contributed by atoms with Crippen LogP contribution in [0.2, 0.25) is 0 Å². The number of hydrogen-bond donors (Lipinski definition) is 0. The molecule has 0 aliphatic heterocycles. The Morgan fingerprint density at radius 3 is 2.76 bits per heavy atom. The van der Waals surface area contributed by atoms with Crippen LogP contribution in [0.15, 0.2) is 34.7 Å². The van der Waals surface area contributed by atoms with Crippen molar-refractivity contribution in [2.24, 2.45) is 0 Å². The van der Waals surface area contributed by atoms with E-state index >= 15 is 0 Å². The molecule has 0 fully saturated rings. The monoisotopic (exact) mass is 227 g/mol. The largest absolute Gasteiger partial charge is 0.415 e. The lowest BCUT2D eigenvalue weighted by Gasteiger charge is -1.99. The molecule has 0 N–H and O–H groups in total. The van der Waals surface area contributed by atoms with Crippen LogP contribution in [0.1, 0.15) is 16.4 Å². The summed E-state index contributed by atoms with van der Waals surface area (Å²) in [7, 11) is 0. The number of carbonyl (C=O) groups is 1. The van der Waals surface area contributed by atoms with E-state index in [9.17, 15) is 4.79 Å². The average molecular weight is 227 g/mol. The molecule has 84 valence electrons. The van der Waals surface area contributed by atoms with Crippen LogP contribution in [0.5, 0.6) is 0 Å². The summed E-state index contributed by atoms with van der Waals surface area (Å²) in [5.74, 6) is 0.0742. The maximum absolute atomic E-state index is 10.6. The van der Waals surface area contributed by atoms with Crippen LogP contribution >= 0.6 is 0 Å². The predicted octanol–water partition coefficient (Wildman–Crippen LogP) is 2.13. The quantitative estimate of drug-likeness (QED) is 0.629. The van der Waals surface area contributed by atoms with Gasteiger partial charge in [0.15, 0.2) is 5.52 Å². The van der Waals surface area contributed by atoms with Gasteiger partial charge in [-0.2, -0.15) is 9.78 Å². The van der Waals surface area contributed by atoms with E-state index in [1.54, 1.807) is 4.68 Å². The van der Waals surface area contributed by atoms with E-state index < -0.39 is 0 Å². The number of carbonyl (C=O) groups excluding carboxylic acids is 1. The van der Waals surface area contributed by atoms with E-state index in [0.29, 0.717) is 17.5 Å². The van der Waals surface area contributed by atoms with E-state index in [4.69, 9.17) is 4.42 Å². The normalized spacial score (nSPS) is 10.9. The number of para-hydroxylation sites is 1. The summed E-state index contributed by atoms with van der Waals surface area (Å²) in [5, 5.41) is 4.34. The first-order valence-corrected chi connectivity index (χ1v) is 5.16. The van der Waals surface area contributed by atoms with Crippen LogP contribution in [0.25, 0.3) is 16.9 Å². The Morgan fingerprint density at radius 2 is 2.06 bits per heavy atom. The van der Waals surface area contributed by atoms with Crippen LogP contribution in [-0.4, -0.2) is 21.1 Å². The molecule has 0 bridgehead atoms. The molecule has 17 heavy (non-hydrogen) atoms. The summed E-state index contributed by atoms with van der Waals surface area (Å²) in [6, 6.07) is 9.57. The summed E-state index contributed by atoms with van der Waals surface area (Å²) in [6.07, 6.45) is 0.592. The van der Waals surface area contributed by atoms with Gasteiger partial charge in [-0.15, -0.1) is 0 Å². The Kier molecular flexibility index (Phi) is 2.04. The lowest BCUT2D eigenvalue weighted by Crippen LogP contribution is -1.95. The van der Waals surface area contributed by atoms with Crippen molar-refractivity contribution >= 4 is 17.5 Å². The Bertz CT molecular complexity index is 682. The molecule has 0 amide bonds. The molecule has 1 aromatic carbocycles. The highest BCUT2D eigenvalue weighted by molar-refractivity contribution is 5.79. The highest BCUT2D eigenvalue weighted by atomic mass is 16.4. The molecule has 5 heteroatoms. The second kappa shape index (κ2) is 3.55. The molecule has 0 spiro atoms. The number of oxazole rings is 1. The number of rotatable bonds is 2. The zero-order valence-electron chi connectivity index (χ0n) is 9.12. The molecule has 0 saturated heterocycles.